The zero-order valence-electron chi connectivity index (χ0n) is 26.6. The summed E-state index contributed by atoms with van der Waals surface area (Å²) in [5.41, 5.74) is 2.95. The third-order valence-corrected chi connectivity index (χ3v) is 8.74. The fourth-order valence-corrected chi connectivity index (χ4v) is 5.90. The minimum absolute atomic E-state index is 0.0973. The van der Waals surface area contributed by atoms with Crippen LogP contribution < -0.4 is 20.4 Å². The topological polar surface area (TPSA) is 130 Å². The standard InChI is InChI=1S/C30H48N10O4/c1-31-27-9-7-25(21-29(27)39(41)42)33(3)13-15-37-19-17-35(23-37)11-5-6-12-36-18-20-38(24-36)16-14-34(4)26-8-10-28(32-2)30(22-26)40(43)44/h7-10,21-22,31-32H,5-6,11-20,23-24H2,1-4H3. The molecule has 14 heteroatoms. The molecule has 2 aromatic rings. The van der Waals surface area contributed by atoms with E-state index in [1.54, 1.807) is 38.4 Å². The normalized spacial score (nSPS) is 16.4. The van der Waals surface area contributed by atoms with Crippen LogP contribution >= 0.6 is 0 Å². The van der Waals surface area contributed by atoms with Crippen LogP contribution in [0.4, 0.5) is 34.1 Å². The highest BCUT2D eigenvalue weighted by atomic mass is 16.6. The summed E-state index contributed by atoms with van der Waals surface area (Å²) in [7, 11) is 7.36. The van der Waals surface area contributed by atoms with E-state index in [1.807, 2.05) is 26.2 Å². The quantitative estimate of drug-likeness (QED) is 0.155. The average molecular weight is 613 g/mol. The van der Waals surface area contributed by atoms with Gasteiger partial charge < -0.3 is 20.4 Å². The maximum Gasteiger partial charge on any atom is 0.294 e. The monoisotopic (exact) mass is 612 g/mol. The molecule has 0 saturated carbocycles. The van der Waals surface area contributed by atoms with Gasteiger partial charge in [0.2, 0.25) is 0 Å². The fraction of sp³-hybridized carbons (Fsp3) is 0.600. The summed E-state index contributed by atoms with van der Waals surface area (Å²) in [6.45, 7) is 11.9. The van der Waals surface area contributed by atoms with Crippen LogP contribution in [0.2, 0.25) is 0 Å². The molecule has 2 N–H and O–H groups in total. The van der Waals surface area contributed by atoms with Crippen LogP contribution in [0.5, 0.6) is 0 Å². The molecule has 2 heterocycles. The van der Waals surface area contributed by atoms with Crippen LogP contribution in [-0.4, -0.2) is 136 Å². The highest BCUT2D eigenvalue weighted by Gasteiger charge is 2.23. The Hall–Kier alpha value is -3.72. The van der Waals surface area contributed by atoms with Crippen LogP contribution in [0.3, 0.4) is 0 Å². The van der Waals surface area contributed by atoms with Crippen LogP contribution in [0, 0.1) is 20.2 Å². The van der Waals surface area contributed by atoms with E-state index >= 15 is 0 Å². The van der Waals surface area contributed by atoms with E-state index in [-0.39, 0.29) is 21.2 Å². The second-order valence-corrected chi connectivity index (χ2v) is 11.7. The van der Waals surface area contributed by atoms with Crippen molar-refractivity contribution in [2.24, 2.45) is 0 Å². The first-order valence-corrected chi connectivity index (χ1v) is 15.4. The zero-order valence-corrected chi connectivity index (χ0v) is 26.6. The van der Waals surface area contributed by atoms with Gasteiger partial charge in [0.15, 0.2) is 0 Å². The number of nitrogens with zero attached hydrogens (tertiary/aromatic N) is 8. The molecule has 0 aliphatic carbocycles. The molecule has 44 heavy (non-hydrogen) atoms. The van der Waals surface area contributed by atoms with Gasteiger partial charge in [0.1, 0.15) is 11.4 Å². The third-order valence-electron chi connectivity index (χ3n) is 8.74. The summed E-state index contributed by atoms with van der Waals surface area (Å²) in [6, 6.07) is 10.7. The van der Waals surface area contributed by atoms with Gasteiger partial charge in [-0.05, 0) is 50.2 Å². The maximum absolute atomic E-state index is 11.4. The Kier molecular flexibility index (Phi) is 11.9. The van der Waals surface area contributed by atoms with E-state index in [1.165, 1.54) is 12.8 Å². The molecule has 0 bridgehead atoms. The minimum atomic E-state index is -0.342. The second kappa shape index (κ2) is 15.8. The van der Waals surface area contributed by atoms with E-state index in [4.69, 9.17) is 0 Å². The number of anilines is 4. The van der Waals surface area contributed by atoms with Crippen molar-refractivity contribution in [2.45, 2.75) is 12.8 Å². The predicted octanol–water partition coefficient (Wildman–Crippen LogP) is 3.09. The molecular formula is C30H48N10O4. The number of nitro groups is 2. The Balaban J connectivity index is 1.09. The Morgan fingerprint density at radius 3 is 1.36 bits per heavy atom. The van der Waals surface area contributed by atoms with Gasteiger partial charge in [-0.2, -0.15) is 0 Å². The molecule has 242 valence electrons. The van der Waals surface area contributed by atoms with Crippen molar-refractivity contribution in [3.63, 3.8) is 0 Å². The summed E-state index contributed by atoms with van der Waals surface area (Å²) >= 11 is 0. The van der Waals surface area contributed by atoms with Gasteiger partial charge in [0.25, 0.3) is 11.4 Å². The lowest BCUT2D eigenvalue weighted by atomic mass is 10.2. The highest BCUT2D eigenvalue weighted by Crippen LogP contribution is 2.30. The SMILES string of the molecule is CNc1ccc(N(C)CCN2CCN(CCCCN3CCN(CCN(C)c4ccc(NC)c([N+](=O)[O-])c4)C3)C2)cc1[N+](=O)[O-]. The number of unbranched alkanes of at least 4 members (excludes halogenated alkanes) is 1. The number of hydrogen-bond acceptors (Lipinski definition) is 12. The molecule has 0 unspecified atom stereocenters. The maximum atomic E-state index is 11.4. The predicted molar refractivity (Wildman–Crippen MR) is 177 cm³/mol. The van der Waals surface area contributed by atoms with Crippen molar-refractivity contribution in [1.29, 1.82) is 0 Å². The molecule has 0 atom stereocenters. The van der Waals surface area contributed by atoms with Crippen molar-refractivity contribution in [2.75, 3.05) is 127 Å². The average Bonchev–Trinajstić information content (AvgIpc) is 3.69. The van der Waals surface area contributed by atoms with Gasteiger partial charge in [-0.25, -0.2) is 0 Å². The molecule has 14 nitrogen and oxygen atoms in total. The highest BCUT2D eigenvalue weighted by molar-refractivity contribution is 5.69. The molecule has 0 radical (unpaired) electrons. The molecule has 0 amide bonds. The molecule has 2 aromatic carbocycles. The Labute approximate surface area is 260 Å². The molecule has 0 aromatic heterocycles. The van der Waals surface area contributed by atoms with Crippen LogP contribution in [0.25, 0.3) is 0 Å². The number of likely N-dealkylation sites (N-methyl/N-ethyl adjacent to an activating group) is 2. The second-order valence-electron chi connectivity index (χ2n) is 11.7. The molecule has 2 saturated heterocycles. The summed E-state index contributed by atoms with van der Waals surface area (Å²) < 4.78 is 0. The van der Waals surface area contributed by atoms with Gasteiger partial charge >= 0.3 is 0 Å². The lowest BCUT2D eigenvalue weighted by Gasteiger charge is -2.24. The zero-order chi connectivity index (χ0) is 31.6. The lowest BCUT2D eigenvalue weighted by Crippen LogP contribution is -2.34. The molecule has 2 fully saturated rings. The third kappa shape index (κ3) is 8.91. The number of hydrogen-bond donors (Lipinski definition) is 2. The molecule has 0 spiro atoms. The van der Waals surface area contributed by atoms with Crippen molar-refractivity contribution < 1.29 is 9.85 Å². The van der Waals surface area contributed by atoms with E-state index in [2.05, 4.69) is 40.0 Å². The smallest absolute Gasteiger partial charge is 0.294 e. The van der Waals surface area contributed by atoms with Crippen LogP contribution in [-0.2, 0) is 0 Å². The molecular weight excluding hydrogens is 564 g/mol. The molecule has 2 aliphatic heterocycles. The fourth-order valence-electron chi connectivity index (χ4n) is 5.90. The van der Waals surface area contributed by atoms with Gasteiger partial charge in [0.05, 0.1) is 23.2 Å². The van der Waals surface area contributed by atoms with Crippen LogP contribution in [0.15, 0.2) is 36.4 Å². The Morgan fingerprint density at radius 2 is 1.02 bits per heavy atom. The Bertz CT molecular complexity index is 1170. The van der Waals surface area contributed by atoms with Gasteiger partial charge in [-0.1, -0.05) is 0 Å². The summed E-state index contributed by atoms with van der Waals surface area (Å²) in [6.07, 6.45) is 2.35. The van der Waals surface area contributed by atoms with Crippen molar-refractivity contribution in [3.05, 3.63) is 56.6 Å². The first-order chi connectivity index (χ1) is 21.2. The van der Waals surface area contributed by atoms with E-state index in [0.29, 0.717) is 11.4 Å². The van der Waals surface area contributed by atoms with Gasteiger partial charge in [0, 0.05) is 104 Å². The van der Waals surface area contributed by atoms with E-state index in [9.17, 15) is 20.2 Å². The van der Waals surface area contributed by atoms with Gasteiger partial charge in [-0.3, -0.25) is 39.8 Å². The Morgan fingerprint density at radius 1 is 0.659 bits per heavy atom. The first kappa shape index (κ1) is 33.2. The van der Waals surface area contributed by atoms with Crippen molar-refractivity contribution in [1.82, 2.24) is 19.6 Å². The number of rotatable bonds is 17. The largest absolute Gasteiger partial charge is 0.383 e. The van der Waals surface area contributed by atoms with E-state index in [0.717, 1.165) is 90.2 Å². The number of benzene rings is 2. The first-order valence-electron chi connectivity index (χ1n) is 15.4. The van der Waals surface area contributed by atoms with E-state index < -0.39 is 0 Å². The van der Waals surface area contributed by atoms with Crippen molar-refractivity contribution >= 4 is 34.1 Å². The summed E-state index contributed by atoms with van der Waals surface area (Å²) in [5, 5.41) is 28.6. The number of nitrogens with one attached hydrogen (secondary N) is 2. The molecule has 2 aliphatic rings. The molecule has 4 rings (SSSR count). The van der Waals surface area contributed by atoms with Crippen LogP contribution in [0.1, 0.15) is 12.8 Å². The minimum Gasteiger partial charge on any atom is -0.383 e. The van der Waals surface area contributed by atoms with Crippen molar-refractivity contribution in [3.8, 4) is 0 Å². The van der Waals surface area contributed by atoms with Gasteiger partial charge in [-0.15, -0.1) is 0 Å². The lowest BCUT2D eigenvalue weighted by molar-refractivity contribution is -0.384. The number of nitro benzene ring substituents is 2. The summed E-state index contributed by atoms with van der Waals surface area (Å²) in [4.78, 5) is 36.2. The summed E-state index contributed by atoms with van der Waals surface area (Å²) in [5.74, 6) is 0.